The number of hydrogen-bond acceptors (Lipinski definition) is 6. The van der Waals surface area contributed by atoms with Gasteiger partial charge in [0.05, 0.1) is 25.5 Å². The lowest BCUT2D eigenvalue weighted by Crippen LogP contribution is -2.48. The highest BCUT2D eigenvalue weighted by atomic mass is 19.4. The number of aromatic nitrogens is 1. The number of carbonyl (C=O) groups excluding carboxylic acids is 1. The van der Waals surface area contributed by atoms with E-state index in [9.17, 15) is 27.9 Å². The summed E-state index contributed by atoms with van der Waals surface area (Å²) in [7, 11) is 2.94. The number of benzene rings is 2. The number of alkyl halides is 3. The third-order valence-electron chi connectivity index (χ3n) is 7.20. The molecular weight excluding hydrogens is 517 g/mol. The van der Waals surface area contributed by atoms with Gasteiger partial charge < -0.3 is 25.2 Å². The first-order chi connectivity index (χ1) is 18.5. The van der Waals surface area contributed by atoms with Gasteiger partial charge in [-0.05, 0) is 47.9 Å². The number of ether oxygens (including phenoxy) is 2. The number of halogens is 3. The van der Waals surface area contributed by atoms with Crippen LogP contribution in [0.3, 0.4) is 0 Å². The Balaban J connectivity index is 1.79. The molecule has 1 aromatic heterocycles. The van der Waals surface area contributed by atoms with Crippen LogP contribution >= 0.6 is 0 Å². The minimum atomic E-state index is -4.77. The first kappa shape index (κ1) is 26.4. The van der Waals surface area contributed by atoms with E-state index in [-0.39, 0.29) is 36.9 Å². The van der Waals surface area contributed by atoms with E-state index in [1.807, 2.05) is 4.90 Å². The average Bonchev–Trinajstić information content (AvgIpc) is 3.33. The van der Waals surface area contributed by atoms with Crippen molar-refractivity contribution in [3.05, 3.63) is 64.1 Å². The Morgan fingerprint density at radius 1 is 1.10 bits per heavy atom. The highest BCUT2D eigenvalue weighted by Gasteiger charge is 2.37. The van der Waals surface area contributed by atoms with Crippen LogP contribution in [0.15, 0.2) is 47.4 Å². The number of amides is 2. The molecule has 0 unspecified atom stereocenters. The molecule has 0 radical (unpaired) electrons. The van der Waals surface area contributed by atoms with Gasteiger partial charge in [-0.25, -0.2) is 4.79 Å². The van der Waals surface area contributed by atoms with E-state index in [2.05, 4.69) is 0 Å². The minimum absolute atomic E-state index is 0.0232. The Morgan fingerprint density at radius 2 is 1.77 bits per heavy atom. The van der Waals surface area contributed by atoms with Crippen LogP contribution in [0.5, 0.6) is 11.5 Å². The van der Waals surface area contributed by atoms with Crippen molar-refractivity contribution in [2.45, 2.75) is 12.6 Å². The Morgan fingerprint density at radius 3 is 2.33 bits per heavy atom. The number of aliphatic hydroxyl groups excluding tert-OH is 1. The van der Waals surface area contributed by atoms with Crippen LogP contribution in [-0.2, 0) is 12.6 Å². The molecule has 0 atom stereocenters. The van der Waals surface area contributed by atoms with E-state index in [0.717, 1.165) is 15.5 Å². The number of nitrogens with two attached hydrogens (primary N) is 1. The average molecular weight is 545 g/mol. The summed E-state index contributed by atoms with van der Waals surface area (Å²) in [5.74, 6) is 0.904. The Kier molecular flexibility index (Phi) is 6.67. The third kappa shape index (κ3) is 4.65. The van der Waals surface area contributed by atoms with Crippen molar-refractivity contribution in [3.63, 3.8) is 0 Å². The van der Waals surface area contributed by atoms with Crippen molar-refractivity contribution in [1.29, 1.82) is 0 Å². The van der Waals surface area contributed by atoms with E-state index in [1.54, 1.807) is 18.2 Å². The van der Waals surface area contributed by atoms with E-state index in [1.165, 1.54) is 32.5 Å². The van der Waals surface area contributed by atoms with Crippen molar-refractivity contribution >= 4 is 17.4 Å². The topological polar surface area (TPSA) is 110 Å². The molecule has 206 valence electrons. The summed E-state index contributed by atoms with van der Waals surface area (Å²) in [6.07, 6.45) is -3.12. The Labute approximate surface area is 221 Å². The summed E-state index contributed by atoms with van der Waals surface area (Å²) in [5, 5.41) is 9.36. The van der Waals surface area contributed by atoms with Crippen LogP contribution in [0, 0.1) is 5.92 Å². The molecule has 2 aliphatic heterocycles. The van der Waals surface area contributed by atoms with Crippen molar-refractivity contribution in [1.82, 2.24) is 4.57 Å². The summed E-state index contributed by atoms with van der Waals surface area (Å²) < 4.78 is 54.4. The van der Waals surface area contributed by atoms with Gasteiger partial charge in [-0.1, -0.05) is 0 Å². The summed E-state index contributed by atoms with van der Waals surface area (Å²) in [5.41, 5.74) is 5.24. The molecule has 0 bridgehead atoms. The number of nitrogens with zero attached hydrogens (tertiary/aromatic N) is 3. The summed E-state index contributed by atoms with van der Waals surface area (Å²) in [6.45, 7) is 1.04. The lowest BCUT2D eigenvalue weighted by atomic mass is 9.98. The lowest BCUT2D eigenvalue weighted by molar-refractivity contribution is -0.137. The van der Waals surface area contributed by atoms with Gasteiger partial charge in [0.15, 0.2) is 0 Å². The molecular formula is C27H27F3N4O5. The number of rotatable bonds is 6. The van der Waals surface area contributed by atoms with E-state index in [0.29, 0.717) is 47.0 Å². The molecule has 3 aromatic rings. The molecule has 1 fully saturated rings. The predicted octanol–water partition coefficient (Wildman–Crippen LogP) is 3.41. The number of hydrogen-bond donors (Lipinski definition) is 2. The van der Waals surface area contributed by atoms with Gasteiger partial charge in [0.1, 0.15) is 17.2 Å². The van der Waals surface area contributed by atoms with Crippen molar-refractivity contribution in [2.24, 2.45) is 11.7 Å². The number of anilines is 2. The van der Waals surface area contributed by atoms with E-state index in [4.69, 9.17) is 15.2 Å². The molecule has 12 heteroatoms. The van der Waals surface area contributed by atoms with Gasteiger partial charge in [0, 0.05) is 55.7 Å². The molecule has 2 amide bonds. The largest absolute Gasteiger partial charge is 0.497 e. The zero-order valence-electron chi connectivity index (χ0n) is 21.3. The van der Waals surface area contributed by atoms with Gasteiger partial charge in [-0.2, -0.15) is 13.2 Å². The number of carbonyl (C=O) groups is 1. The zero-order valence-corrected chi connectivity index (χ0v) is 21.3. The van der Waals surface area contributed by atoms with Crippen LogP contribution in [-0.4, -0.2) is 56.2 Å². The fraction of sp³-hybridized carbons (Fsp3) is 0.333. The molecule has 3 N–H and O–H groups in total. The van der Waals surface area contributed by atoms with Gasteiger partial charge in [0.2, 0.25) is 0 Å². The Bertz CT molecular complexity index is 1480. The van der Waals surface area contributed by atoms with Crippen LogP contribution in [0.2, 0.25) is 0 Å². The highest BCUT2D eigenvalue weighted by Crippen LogP contribution is 2.40. The van der Waals surface area contributed by atoms with Crippen LogP contribution < -0.4 is 30.6 Å². The second-order valence-corrected chi connectivity index (χ2v) is 9.54. The summed E-state index contributed by atoms with van der Waals surface area (Å²) >= 11 is 0. The molecule has 2 aromatic carbocycles. The van der Waals surface area contributed by atoms with Crippen LogP contribution in [0.1, 0.15) is 11.1 Å². The maximum absolute atomic E-state index is 14.2. The van der Waals surface area contributed by atoms with E-state index < -0.39 is 23.3 Å². The molecule has 9 nitrogen and oxygen atoms in total. The van der Waals surface area contributed by atoms with Gasteiger partial charge in [0.25, 0.3) is 5.56 Å². The van der Waals surface area contributed by atoms with E-state index >= 15 is 0 Å². The van der Waals surface area contributed by atoms with Crippen LogP contribution in [0.4, 0.5) is 29.3 Å². The number of primary amides is 1. The predicted molar refractivity (Wildman–Crippen MR) is 139 cm³/mol. The fourth-order valence-corrected chi connectivity index (χ4v) is 5.17. The lowest BCUT2D eigenvalue weighted by Gasteiger charge is -2.40. The first-order valence-electron chi connectivity index (χ1n) is 12.2. The number of methoxy groups -OCH3 is 2. The maximum Gasteiger partial charge on any atom is 0.418 e. The standard InChI is InChI=1S/C27H27F3N4O5/c1-38-18-7-16(8-19(10-18)39-2)21-13-34(25(36)24-20(21)5-6-33(24)26(31)37)23-9-17(32-11-15(12-32)14-35)3-4-22(23)27(28,29)30/h3-4,7-10,13,15,35H,5-6,11-12,14H2,1-2H3,(H2,31,37). The molecule has 0 spiro atoms. The SMILES string of the molecule is COc1cc(OC)cc(-c2cn(-c3cc(N4CC(CO)C4)ccc3C(F)(F)F)c(=O)c3c2CCN3C(N)=O)c1. The molecule has 2 aliphatic rings. The van der Waals surface area contributed by atoms with Crippen molar-refractivity contribution in [3.8, 4) is 28.3 Å². The van der Waals surface area contributed by atoms with Gasteiger partial charge in [-0.3, -0.25) is 14.3 Å². The van der Waals surface area contributed by atoms with Crippen molar-refractivity contribution in [2.75, 3.05) is 50.3 Å². The quantitative estimate of drug-likeness (QED) is 0.492. The normalized spacial score (nSPS) is 15.2. The number of aliphatic hydroxyl groups is 1. The second-order valence-electron chi connectivity index (χ2n) is 9.54. The molecule has 3 heterocycles. The number of fused-ring (bicyclic) bond motifs is 1. The molecule has 0 aliphatic carbocycles. The highest BCUT2D eigenvalue weighted by molar-refractivity contribution is 5.95. The van der Waals surface area contributed by atoms with Gasteiger partial charge in [-0.15, -0.1) is 0 Å². The third-order valence-corrected chi connectivity index (χ3v) is 7.20. The molecule has 39 heavy (non-hydrogen) atoms. The molecule has 1 saturated heterocycles. The summed E-state index contributed by atoms with van der Waals surface area (Å²) in [6, 6.07) is 7.72. The van der Waals surface area contributed by atoms with Crippen molar-refractivity contribution < 1.29 is 32.5 Å². The number of pyridine rings is 1. The van der Waals surface area contributed by atoms with Crippen LogP contribution in [0.25, 0.3) is 16.8 Å². The maximum atomic E-state index is 14.2. The smallest absolute Gasteiger partial charge is 0.418 e. The first-order valence-corrected chi connectivity index (χ1v) is 12.2. The minimum Gasteiger partial charge on any atom is -0.497 e. The van der Waals surface area contributed by atoms with Gasteiger partial charge >= 0.3 is 12.2 Å². The summed E-state index contributed by atoms with van der Waals surface area (Å²) in [4.78, 5) is 29.0. The molecule has 5 rings (SSSR count). The Hall–Kier alpha value is -4.19. The fourth-order valence-electron chi connectivity index (χ4n) is 5.17. The molecule has 0 saturated carbocycles. The second kappa shape index (κ2) is 9.84. The zero-order chi connectivity index (χ0) is 28.1. The number of urea groups is 1. The monoisotopic (exact) mass is 544 g/mol.